The molecule has 0 heteroatoms. The Balaban J connectivity index is 0. The molecule has 0 aliphatic carbocycles. The van der Waals surface area contributed by atoms with Crippen molar-refractivity contribution in [3.05, 3.63) is 48.6 Å². The van der Waals surface area contributed by atoms with Crippen molar-refractivity contribution in [2.45, 2.75) is 27.7 Å². The van der Waals surface area contributed by atoms with Crippen LogP contribution in [-0.2, 0) is 0 Å². The van der Waals surface area contributed by atoms with Gasteiger partial charge in [0.25, 0.3) is 0 Å². The van der Waals surface area contributed by atoms with Gasteiger partial charge in [0.2, 0.25) is 0 Å². The second-order valence-electron chi connectivity index (χ2n) is 2.25. The van der Waals surface area contributed by atoms with Crippen LogP contribution in [0.15, 0.2) is 48.6 Å². The molecule has 0 bridgehead atoms. The minimum Gasteiger partial charge on any atom is -0.0991 e. The second kappa shape index (κ2) is 9.96. The molecule has 0 unspecified atom stereocenters. The summed E-state index contributed by atoms with van der Waals surface area (Å²) in [6.45, 7) is 15.4. The van der Waals surface area contributed by atoms with Crippen molar-refractivity contribution < 1.29 is 0 Å². The van der Waals surface area contributed by atoms with E-state index in [0.29, 0.717) is 0 Å². The summed E-state index contributed by atoms with van der Waals surface area (Å²) in [5.41, 5.74) is 2.31. The molecule has 68 valence electrons. The van der Waals surface area contributed by atoms with Gasteiger partial charge in [-0.05, 0) is 19.4 Å². The smallest absolute Gasteiger partial charge is 0.0395 e. The van der Waals surface area contributed by atoms with Crippen LogP contribution in [0.1, 0.15) is 27.7 Å². The molecule has 0 aromatic heterocycles. The van der Waals surface area contributed by atoms with Gasteiger partial charge in [0, 0.05) is 0 Å². The summed E-state index contributed by atoms with van der Waals surface area (Å²) in [7, 11) is 0. The van der Waals surface area contributed by atoms with Gasteiger partial charge >= 0.3 is 0 Å². The highest BCUT2D eigenvalue weighted by atomic mass is 13.9. The van der Waals surface area contributed by atoms with E-state index in [4.69, 9.17) is 0 Å². The van der Waals surface area contributed by atoms with Crippen molar-refractivity contribution in [3.63, 3.8) is 0 Å². The molecular weight excluding hydrogens is 144 g/mol. The Kier molecular flexibility index (Phi) is 11.2. The molecule has 0 heterocycles. The summed E-state index contributed by atoms with van der Waals surface area (Å²) in [4.78, 5) is 0. The van der Waals surface area contributed by atoms with Gasteiger partial charge in [0.15, 0.2) is 0 Å². The Morgan fingerprint density at radius 2 is 1.58 bits per heavy atom. The van der Waals surface area contributed by atoms with Gasteiger partial charge < -0.3 is 0 Å². The molecule has 0 atom stereocenters. The van der Waals surface area contributed by atoms with Gasteiger partial charge in [-0.25, -0.2) is 0 Å². The normalized spacial score (nSPS) is 10.5. The lowest BCUT2D eigenvalue weighted by Gasteiger charge is -1.93. The quantitative estimate of drug-likeness (QED) is 0.546. The molecule has 0 radical (unpaired) electrons. The molecule has 12 heavy (non-hydrogen) atoms. The lowest BCUT2D eigenvalue weighted by atomic mass is 10.1. The topological polar surface area (TPSA) is 0 Å². The number of allylic oxidation sites excluding steroid dienone is 6. The van der Waals surface area contributed by atoms with Gasteiger partial charge in [-0.15, -0.1) is 0 Å². The Hall–Kier alpha value is -1.04. The standard InChI is InChI=1S/C10H14.C2H6/c1-5-6-7-8-10(4)9(2)3;1-2/h5-8H,1-2H2,3-4H3;1-2H3/b7-6-,10-8+;. The lowest BCUT2D eigenvalue weighted by molar-refractivity contribution is 1.36. The molecule has 0 aromatic rings. The fourth-order valence-corrected chi connectivity index (χ4v) is 0.421. The number of rotatable bonds is 3. The molecule has 0 saturated heterocycles. The highest BCUT2D eigenvalue weighted by molar-refractivity contribution is 5.28. The fourth-order valence-electron chi connectivity index (χ4n) is 0.421. The Morgan fingerprint density at radius 1 is 1.08 bits per heavy atom. The van der Waals surface area contributed by atoms with E-state index >= 15 is 0 Å². The summed E-state index contributed by atoms with van der Waals surface area (Å²) in [5.74, 6) is 0. The molecule has 0 aromatic carbocycles. The second-order valence-corrected chi connectivity index (χ2v) is 2.25. The fraction of sp³-hybridized carbons (Fsp3) is 0.333. The molecule has 0 N–H and O–H groups in total. The summed E-state index contributed by atoms with van der Waals surface area (Å²) >= 11 is 0. The molecular formula is C12H20. The van der Waals surface area contributed by atoms with E-state index in [9.17, 15) is 0 Å². The summed E-state index contributed by atoms with van der Waals surface area (Å²) in [6, 6.07) is 0. The van der Waals surface area contributed by atoms with Crippen molar-refractivity contribution >= 4 is 0 Å². The van der Waals surface area contributed by atoms with E-state index in [0.717, 1.165) is 5.57 Å². The van der Waals surface area contributed by atoms with Crippen molar-refractivity contribution in [3.8, 4) is 0 Å². The molecule has 0 aliphatic rings. The zero-order valence-corrected chi connectivity index (χ0v) is 8.72. The minimum absolute atomic E-state index is 1.11. The summed E-state index contributed by atoms with van der Waals surface area (Å²) < 4.78 is 0. The highest BCUT2D eigenvalue weighted by Crippen LogP contribution is 2.03. The Bertz CT molecular complexity index is 180. The van der Waals surface area contributed by atoms with Crippen LogP contribution < -0.4 is 0 Å². The third kappa shape index (κ3) is 8.96. The zero-order chi connectivity index (χ0) is 9.98. The van der Waals surface area contributed by atoms with E-state index in [1.165, 1.54) is 5.57 Å². The first-order valence-corrected chi connectivity index (χ1v) is 4.30. The Labute approximate surface area is 77.0 Å². The van der Waals surface area contributed by atoms with Crippen LogP contribution in [0.25, 0.3) is 0 Å². The van der Waals surface area contributed by atoms with E-state index in [2.05, 4.69) is 13.2 Å². The maximum atomic E-state index is 3.81. The number of hydrogen-bond acceptors (Lipinski definition) is 0. The zero-order valence-electron chi connectivity index (χ0n) is 8.72. The Morgan fingerprint density at radius 3 is 1.92 bits per heavy atom. The van der Waals surface area contributed by atoms with E-state index < -0.39 is 0 Å². The van der Waals surface area contributed by atoms with E-state index in [-0.39, 0.29) is 0 Å². The molecule has 0 nitrogen and oxygen atoms in total. The first kappa shape index (κ1) is 13.5. The average Bonchev–Trinajstić information content (AvgIpc) is 2.08. The monoisotopic (exact) mass is 164 g/mol. The van der Waals surface area contributed by atoms with E-state index in [1.54, 1.807) is 6.08 Å². The van der Waals surface area contributed by atoms with Crippen molar-refractivity contribution in [2.75, 3.05) is 0 Å². The molecule has 0 rings (SSSR count). The molecule has 0 spiro atoms. The van der Waals surface area contributed by atoms with Crippen LogP contribution in [0, 0.1) is 0 Å². The molecule has 0 amide bonds. The van der Waals surface area contributed by atoms with Gasteiger partial charge in [-0.1, -0.05) is 56.9 Å². The van der Waals surface area contributed by atoms with Crippen LogP contribution in [0.3, 0.4) is 0 Å². The van der Waals surface area contributed by atoms with Gasteiger partial charge in [-0.2, -0.15) is 0 Å². The third-order valence-corrected chi connectivity index (χ3v) is 1.27. The first-order valence-electron chi connectivity index (χ1n) is 4.30. The lowest BCUT2D eigenvalue weighted by Crippen LogP contribution is -1.72. The summed E-state index contributed by atoms with van der Waals surface area (Å²) in [6.07, 6.45) is 7.62. The van der Waals surface area contributed by atoms with Gasteiger partial charge in [0.1, 0.15) is 0 Å². The maximum Gasteiger partial charge on any atom is -0.0395 e. The van der Waals surface area contributed by atoms with Crippen LogP contribution in [0.2, 0.25) is 0 Å². The maximum absolute atomic E-state index is 3.81. The third-order valence-electron chi connectivity index (χ3n) is 1.27. The van der Waals surface area contributed by atoms with E-state index in [1.807, 2.05) is 45.9 Å². The predicted molar refractivity (Wildman–Crippen MR) is 59.3 cm³/mol. The van der Waals surface area contributed by atoms with Crippen LogP contribution >= 0.6 is 0 Å². The summed E-state index contributed by atoms with van der Waals surface area (Å²) in [5, 5.41) is 0. The average molecular weight is 164 g/mol. The molecule has 0 aliphatic heterocycles. The van der Waals surface area contributed by atoms with Crippen molar-refractivity contribution in [2.24, 2.45) is 0 Å². The van der Waals surface area contributed by atoms with Crippen molar-refractivity contribution in [1.82, 2.24) is 0 Å². The van der Waals surface area contributed by atoms with Crippen molar-refractivity contribution in [1.29, 1.82) is 0 Å². The van der Waals surface area contributed by atoms with Crippen LogP contribution in [0.5, 0.6) is 0 Å². The molecule has 0 fully saturated rings. The minimum atomic E-state index is 1.11. The van der Waals surface area contributed by atoms with Gasteiger partial charge in [-0.3, -0.25) is 0 Å². The largest absolute Gasteiger partial charge is 0.0991 e. The highest BCUT2D eigenvalue weighted by Gasteiger charge is 1.83. The van der Waals surface area contributed by atoms with Crippen LogP contribution in [-0.4, -0.2) is 0 Å². The first-order chi connectivity index (χ1) is 5.68. The molecule has 0 saturated carbocycles. The van der Waals surface area contributed by atoms with Gasteiger partial charge in [0.05, 0.1) is 0 Å². The van der Waals surface area contributed by atoms with Crippen LogP contribution in [0.4, 0.5) is 0 Å². The SMILES string of the molecule is C=C/C=C\C=C(/C)C(=C)C.CC. The predicted octanol–water partition coefficient (Wildman–Crippen LogP) is 4.28. The number of hydrogen-bond donors (Lipinski definition) is 0.